The molecule has 0 aromatic heterocycles. The summed E-state index contributed by atoms with van der Waals surface area (Å²) >= 11 is 0. The number of nitrogens with one attached hydrogen (secondary N) is 3. The van der Waals surface area contributed by atoms with Gasteiger partial charge in [0.15, 0.2) is 0 Å². The number of hydrogen-bond acceptors (Lipinski definition) is 4. The number of carbonyl (C=O) groups excluding carboxylic acids is 2. The Balaban J connectivity index is 2.34. The van der Waals surface area contributed by atoms with Gasteiger partial charge in [-0.2, -0.15) is 0 Å². The maximum Gasteiger partial charge on any atom is 0.276 e. The second-order valence-electron chi connectivity index (χ2n) is 3.86. The molecule has 0 aliphatic carbocycles. The van der Waals surface area contributed by atoms with E-state index in [1.165, 1.54) is 0 Å². The van der Waals surface area contributed by atoms with E-state index in [1.807, 2.05) is 13.8 Å². The van der Waals surface area contributed by atoms with E-state index in [2.05, 4.69) is 16.0 Å². The van der Waals surface area contributed by atoms with Crippen LogP contribution < -0.4 is 16.0 Å². The first-order valence-electron chi connectivity index (χ1n) is 4.71. The van der Waals surface area contributed by atoms with Crippen molar-refractivity contribution in [2.45, 2.75) is 32.4 Å². The summed E-state index contributed by atoms with van der Waals surface area (Å²) in [5.74, 6) is -0.670. The first-order valence-corrected chi connectivity index (χ1v) is 4.71. The van der Waals surface area contributed by atoms with E-state index in [0.29, 0.717) is 11.4 Å². The molecular weight excluding hydrogens is 182 g/mol. The second kappa shape index (κ2) is 3.01. The van der Waals surface area contributed by atoms with Gasteiger partial charge in [0.2, 0.25) is 0 Å². The van der Waals surface area contributed by atoms with Crippen LogP contribution >= 0.6 is 0 Å². The summed E-state index contributed by atoms with van der Waals surface area (Å²) in [6, 6.07) is 0.392. The highest BCUT2D eigenvalue weighted by molar-refractivity contribution is 6.18. The van der Waals surface area contributed by atoms with Crippen LogP contribution in [0.25, 0.3) is 0 Å². The number of imide groups is 1. The Hall–Kier alpha value is -1.52. The summed E-state index contributed by atoms with van der Waals surface area (Å²) in [5.41, 5.74) is 0.763. The minimum atomic E-state index is -0.335. The predicted octanol–water partition coefficient (Wildman–Crippen LogP) is -0.786. The lowest BCUT2D eigenvalue weighted by Gasteiger charge is -2.15. The van der Waals surface area contributed by atoms with Gasteiger partial charge < -0.3 is 10.6 Å². The van der Waals surface area contributed by atoms with Gasteiger partial charge in [-0.3, -0.25) is 14.9 Å². The molecule has 0 saturated carbocycles. The van der Waals surface area contributed by atoms with Gasteiger partial charge in [-0.1, -0.05) is 0 Å². The summed E-state index contributed by atoms with van der Waals surface area (Å²) in [5, 5.41) is 8.32. The Bertz CT molecular complexity index is 305. The van der Waals surface area contributed by atoms with Crippen molar-refractivity contribution in [2.75, 3.05) is 0 Å². The van der Waals surface area contributed by atoms with Gasteiger partial charge in [0.1, 0.15) is 11.4 Å². The minimum absolute atomic E-state index is 0.196. The van der Waals surface area contributed by atoms with Crippen LogP contribution in [0.3, 0.4) is 0 Å². The lowest BCUT2D eigenvalue weighted by atomic mass is 10.1. The molecular formula is C9H13N3O2. The molecule has 0 fully saturated rings. The maximum atomic E-state index is 11.3. The maximum absolute atomic E-state index is 11.3. The molecule has 0 aromatic carbocycles. The monoisotopic (exact) mass is 195 g/mol. The molecule has 2 unspecified atom stereocenters. The zero-order valence-electron chi connectivity index (χ0n) is 8.18. The summed E-state index contributed by atoms with van der Waals surface area (Å²) in [6.07, 6.45) is 0.883. The molecule has 3 N–H and O–H groups in total. The highest BCUT2D eigenvalue weighted by atomic mass is 16.2. The molecule has 5 heteroatoms. The van der Waals surface area contributed by atoms with Crippen LogP contribution in [0.15, 0.2) is 11.4 Å². The van der Waals surface area contributed by atoms with Crippen molar-refractivity contribution in [3.05, 3.63) is 11.4 Å². The van der Waals surface area contributed by atoms with Crippen LogP contribution in [-0.4, -0.2) is 23.9 Å². The smallest absolute Gasteiger partial charge is 0.276 e. The number of amides is 2. The molecule has 0 spiro atoms. The lowest BCUT2D eigenvalue weighted by Crippen LogP contribution is -2.36. The normalized spacial score (nSPS) is 31.6. The minimum Gasteiger partial charge on any atom is -0.376 e. The summed E-state index contributed by atoms with van der Waals surface area (Å²) in [4.78, 5) is 22.7. The second-order valence-corrected chi connectivity index (χ2v) is 3.86. The van der Waals surface area contributed by atoms with E-state index < -0.39 is 0 Å². The molecule has 0 bridgehead atoms. The quantitative estimate of drug-likeness (QED) is 0.443. The molecule has 2 rings (SSSR count). The fraction of sp³-hybridized carbons (Fsp3) is 0.556. The molecule has 2 heterocycles. The van der Waals surface area contributed by atoms with E-state index in [-0.39, 0.29) is 23.9 Å². The van der Waals surface area contributed by atoms with E-state index in [9.17, 15) is 9.59 Å². The van der Waals surface area contributed by atoms with Gasteiger partial charge in [-0.05, 0) is 20.3 Å². The van der Waals surface area contributed by atoms with Crippen LogP contribution in [0.2, 0.25) is 0 Å². The van der Waals surface area contributed by atoms with Crippen LogP contribution in [0.4, 0.5) is 0 Å². The summed E-state index contributed by atoms with van der Waals surface area (Å²) in [6.45, 7) is 3.98. The van der Waals surface area contributed by atoms with Crippen molar-refractivity contribution < 1.29 is 9.59 Å². The SMILES string of the molecule is CC1CC(C)NC2=C(N1)C(=O)NC2=O. The third-order valence-corrected chi connectivity index (χ3v) is 2.42. The molecule has 14 heavy (non-hydrogen) atoms. The average molecular weight is 195 g/mol. The topological polar surface area (TPSA) is 70.2 Å². The summed E-state index contributed by atoms with van der Waals surface area (Å²) in [7, 11) is 0. The van der Waals surface area contributed by atoms with Crippen molar-refractivity contribution in [1.82, 2.24) is 16.0 Å². The van der Waals surface area contributed by atoms with Crippen molar-refractivity contribution in [3.8, 4) is 0 Å². The fourth-order valence-electron chi connectivity index (χ4n) is 1.87. The predicted molar refractivity (Wildman–Crippen MR) is 50.0 cm³/mol. The van der Waals surface area contributed by atoms with Gasteiger partial charge in [-0.25, -0.2) is 0 Å². The van der Waals surface area contributed by atoms with Crippen molar-refractivity contribution >= 4 is 11.8 Å². The van der Waals surface area contributed by atoms with Gasteiger partial charge >= 0.3 is 0 Å². The fourth-order valence-corrected chi connectivity index (χ4v) is 1.87. The third kappa shape index (κ3) is 1.34. The van der Waals surface area contributed by atoms with E-state index in [1.54, 1.807) is 0 Å². The van der Waals surface area contributed by atoms with E-state index >= 15 is 0 Å². The Morgan fingerprint density at radius 2 is 1.43 bits per heavy atom. The van der Waals surface area contributed by atoms with Gasteiger partial charge in [0.25, 0.3) is 11.8 Å². The molecule has 76 valence electrons. The van der Waals surface area contributed by atoms with Crippen LogP contribution in [-0.2, 0) is 9.59 Å². The highest BCUT2D eigenvalue weighted by Gasteiger charge is 2.34. The first-order chi connectivity index (χ1) is 6.58. The lowest BCUT2D eigenvalue weighted by molar-refractivity contribution is -0.124. The Morgan fingerprint density at radius 3 is 1.86 bits per heavy atom. The standard InChI is InChI=1S/C9H13N3O2/c1-4-3-5(2)11-7-6(10-4)8(13)12-9(7)14/h4-5,10-11H,3H2,1-2H3,(H,12,13,14). The molecule has 0 saturated heterocycles. The third-order valence-electron chi connectivity index (χ3n) is 2.42. The summed E-state index contributed by atoms with van der Waals surface area (Å²) < 4.78 is 0. The Morgan fingerprint density at radius 1 is 1.00 bits per heavy atom. The number of hydrogen-bond donors (Lipinski definition) is 3. The molecule has 2 atom stereocenters. The van der Waals surface area contributed by atoms with Crippen molar-refractivity contribution in [3.63, 3.8) is 0 Å². The van der Waals surface area contributed by atoms with E-state index in [0.717, 1.165) is 6.42 Å². The molecule has 0 radical (unpaired) electrons. The zero-order chi connectivity index (χ0) is 10.3. The van der Waals surface area contributed by atoms with Gasteiger partial charge in [0.05, 0.1) is 0 Å². The average Bonchev–Trinajstić information content (AvgIpc) is 2.30. The van der Waals surface area contributed by atoms with E-state index in [4.69, 9.17) is 0 Å². The zero-order valence-corrected chi connectivity index (χ0v) is 8.18. The molecule has 2 amide bonds. The Kier molecular flexibility index (Phi) is 1.94. The molecule has 2 aliphatic heterocycles. The number of carbonyl (C=O) groups is 2. The van der Waals surface area contributed by atoms with Gasteiger partial charge in [-0.15, -0.1) is 0 Å². The van der Waals surface area contributed by atoms with Crippen molar-refractivity contribution in [2.24, 2.45) is 0 Å². The first kappa shape index (κ1) is 9.05. The molecule has 2 aliphatic rings. The number of rotatable bonds is 0. The highest BCUT2D eigenvalue weighted by Crippen LogP contribution is 2.15. The van der Waals surface area contributed by atoms with Gasteiger partial charge in [0, 0.05) is 12.1 Å². The van der Waals surface area contributed by atoms with Crippen LogP contribution in [0.5, 0.6) is 0 Å². The molecule has 5 nitrogen and oxygen atoms in total. The largest absolute Gasteiger partial charge is 0.376 e. The van der Waals surface area contributed by atoms with Crippen molar-refractivity contribution in [1.29, 1.82) is 0 Å². The molecule has 0 aromatic rings. The Labute approximate surface area is 81.9 Å². The van der Waals surface area contributed by atoms with Crippen LogP contribution in [0, 0.1) is 0 Å². The van der Waals surface area contributed by atoms with Crippen LogP contribution in [0.1, 0.15) is 20.3 Å².